The molecule has 0 heterocycles. The molecule has 0 saturated carbocycles. The van der Waals surface area contributed by atoms with Crippen molar-refractivity contribution in [2.75, 3.05) is 13.2 Å². The third kappa shape index (κ3) is 6.54. The zero-order chi connectivity index (χ0) is 24.3. The maximum Gasteiger partial charge on any atom is 0.308 e. The van der Waals surface area contributed by atoms with Crippen molar-refractivity contribution in [3.8, 4) is 5.75 Å². The van der Waals surface area contributed by atoms with Crippen LogP contribution in [0.25, 0.3) is 0 Å². The van der Waals surface area contributed by atoms with Crippen LogP contribution >= 0.6 is 0 Å². The van der Waals surface area contributed by atoms with E-state index in [1.165, 1.54) is 6.92 Å². The molecule has 176 valence electrons. The standard InChI is InChI=1S/C28H29NO5/c1-3-33-26(31)19-12-20-29(28(32)24-17-10-11-18-25(24)34-21(2)30)27(22-13-6-4-7-14-22)23-15-8-5-9-16-23/h4-11,13-18,27H,3,12,19-20H2,1-2H3. The van der Waals surface area contributed by atoms with Gasteiger partial charge in [-0.15, -0.1) is 0 Å². The van der Waals surface area contributed by atoms with Gasteiger partial charge in [0.1, 0.15) is 5.75 Å². The number of carbonyl (C=O) groups is 3. The van der Waals surface area contributed by atoms with Crippen LogP contribution in [0.4, 0.5) is 0 Å². The lowest BCUT2D eigenvalue weighted by Gasteiger charge is -2.33. The van der Waals surface area contributed by atoms with Crippen molar-refractivity contribution in [1.82, 2.24) is 4.90 Å². The zero-order valence-electron chi connectivity index (χ0n) is 19.5. The Morgan fingerprint density at radius 3 is 1.94 bits per heavy atom. The van der Waals surface area contributed by atoms with Crippen LogP contribution in [0.1, 0.15) is 54.2 Å². The van der Waals surface area contributed by atoms with E-state index in [9.17, 15) is 14.4 Å². The summed E-state index contributed by atoms with van der Waals surface area (Å²) in [5, 5.41) is 0. The Morgan fingerprint density at radius 2 is 1.38 bits per heavy atom. The highest BCUT2D eigenvalue weighted by molar-refractivity contribution is 5.98. The fourth-order valence-electron chi connectivity index (χ4n) is 3.84. The maximum atomic E-state index is 14.0. The largest absolute Gasteiger partial charge is 0.466 e. The molecule has 0 aliphatic heterocycles. The first-order chi connectivity index (χ1) is 16.5. The molecule has 0 radical (unpaired) electrons. The Kier molecular flexibility index (Phi) is 8.97. The summed E-state index contributed by atoms with van der Waals surface area (Å²) in [6.45, 7) is 3.68. The lowest BCUT2D eigenvalue weighted by molar-refractivity contribution is -0.143. The molecule has 0 spiro atoms. The van der Waals surface area contributed by atoms with Crippen molar-refractivity contribution in [2.24, 2.45) is 0 Å². The Hall–Kier alpha value is -3.93. The molecule has 0 saturated heterocycles. The Balaban J connectivity index is 2.04. The van der Waals surface area contributed by atoms with Gasteiger partial charge in [0.25, 0.3) is 5.91 Å². The van der Waals surface area contributed by atoms with E-state index in [1.807, 2.05) is 60.7 Å². The molecule has 3 aromatic rings. The van der Waals surface area contributed by atoms with Gasteiger partial charge in [-0.2, -0.15) is 0 Å². The van der Waals surface area contributed by atoms with E-state index in [-0.39, 0.29) is 29.6 Å². The molecule has 6 nitrogen and oxygen atoms in total. The molecule has 0 atom stereocenters. The number of hydrogen-bond acceptors (Lipinski definition) is 5. The normalized spacial score (nSPS) is 10.6. The predicted octanol–water partition coefficient (Wildman–Crippen LogP) is 5.19. The average Bonchev–Trinajstić information content (AvgIpc) is 2.84. The number of rotatable bonds is 10. The van der Waals surface area contributed by atoms with E-state index in [2.05, 4.69) is 0 Å². The van der Waals surface area contributed by atoms with Crippen LogP contribution in [-0.4, -0.2) is 35.9 Å². The summed E-state index contributed by atoms with van der Waals surface area (Å²) >= 11 is 0. The number of ether oxygens (including phenoxy) is 2. The highest BCUT2D eigenvalue weighted by Crippen LogP contribution is 2.32. The number of amides is 1. The van der Waals surface area contributed by atoms with Gasteiger partial charge >= 0.3 is 11.9 Å². The molecule has 1 amide bonds. The van der Waals surface area contributed by atoms with Crippen molar-refractivity contribution in [3.05, 3.63) is 102 Å². The molecule has 0 aromatic heterocycles. The molecule has 3 rings (SSSR count). The molecule has 0 aliphatic rings. The number of hydrogen-bond donors (Lipinski definition) is 0. The zero-order valence-corrected chi connectivity index (χ0v) is 19.5. The van der Waals surface area contributed by atoms with Gasteiger partial charge < -0.3 is 14.4 Å². The Bertz CT molecular complexity index is 1060. The van der Waals surface area contributed by atoms with Gasteiger partial charge in [-0.25, -0.2) is 0 Å². The summed E-state index contributed by atoms with van der Waals surface area (Å²) in [6, 6.07) is 25.8. The fourth-order valence-corrected chi connectivity index (χ4v) is 3.84. The molecule has 0 fully saturated rings. The maximum absolute atomic E-state index is 14.0. The van der Waals surface area contributed by atoms with E-state index in [1.54, 1.807) is 36.1 Å². The first-order valence-corrected chi connectivity index (χ1v) is 11.3. The van der Waals surface area contributed by atoms with E-state index in [4.69, 9.17) is 9.47 Å². The second-order valence-electron chi connectivity index (χ2n) is 7.72. The van der Waals surface area contributed by atoms with Crippen LogP contribution in [0.2, 0.25) is 0 Å². The first kappa shape index (κ1) is 24.7. The minimum atomic E-state index is -0.503. The second-order valence-corrected chi connectivity index (χ2v) is 7.72. The minimum absolute atomic E-state index is 0.194. The molecule has 6 heteroatoms. The van der Waals surface area contributed by atoms with Gasteiger partial charge in [-0.1, -0.05) is 72.8 Å². The average molecular weight is 460 g/mol. The number of para-hydroxylation sites is 1. The van der Waals surface area contributed by atoms with E-state index >= 15 is 0 Å². The number of nitrogens with zero attached hydrogens (tertiary/aromatic N) is 1. The summed E-state index contributed by atoms with van der Waals surface area (Å²) in [5.74, 6) is -0.892. The molecule has 3 aromatic carbocycles. The smallest absolute Gasteiger partial charge is 0.308 e. The third-order valence-electron chi connectivity index (χ3n) is 5.26. The van der Waals surface area contributed by atoms with Gasteiger partial charge in [0.05, 0.1) is 18.2 Å². The summed E-state index contributed by atoms with van der Waals surface area (Å²) in [6.07, 6.45) is 0.621. The Morgan fingerprint density at radius 1 is 0.824 bits per heavy atom. The first-order valence-electron chi connectivity index (χ1n) is 11.3. The van der Waals surface area contributed by atoms with Crippen LogP contribution < -0.4 is 4.74 Å². The Labute approximate surface area is 200 Å². The van der Waals surface area contributed by atoms with Crippen molar-refractivity contribution in [2.45, 2.75) is 32.7 Å². The van der Waals surface area contributed by atoms with Crippen LogP contribution in [-0.2, 0) is 14.3 Å². The molecule has 34 heavy (non-hydrogen) atoms. The van der Waals surface area contributed by atoms with Gasteiger partial charge in [0.2, 0.25) is 0 Å². The second kappa shape index (κ2) is 12.3. The molecule has 0 bridgehead atoms. The van der Waals surface area contributed by atoms with Gasteiger partial charge in [0.15, 0.2) is 0 Å². The number of benzene rings is 3. The monoisotopic (exact) mass is 459 g/mol. The summed E-state index contributed by atoms with van der Waals surface area (Å²) in [7, 11) is 0. The van der Waals surface area contributed by atoms with E-state index in [0.717, 1.165) is 11.1 Å². The van der Waals surface area contributed by atoms with Crippen molar-refractivity contribution in [1.29, 1.82) is 0 Å². The van der Waals surface area contributed by atoms with Gasteiger partial charge in [0, 0.05) is 19.9 Å². The molecule has 0 aliphatic carbocycles. The summed E-state index contributed by atoms with van der Waals surface area (Å²) < 4.78 is 10.4. The van der Waals surface area contributed by atoms with Crippen LogP contribution in [0.5, 0.6) is 5.75 Å². The van der Waals surface area contributed by atoms with Gasteiger partial charge in [-0.05, 0) is 36.6 Å². The summed E-state index contributed by atoms with van der Waals surface area (Å²) in [5.41, 5.74) is 2.15. The molecule has 0 N–H and O–H groups in total. The molecule has 0 unspecified atom stereocenters. The predicted molar refractivity (Wildman–Crippen MR) is 129 cm³/mol. The number of carbonyl (C=O) groups excluding carboxylic acids is 3. The lowest BCUT2D eigenvalue weighted by atomic mass is 9.95. The van der Waals surface area contributed by atoms with Crippen LogP contribution in [0.3, 0.4) is 0 Å². The summed E-state index contributed by atoms with van der Waals surface area (Å²) in [4.78, 5) is 39.3. The highest BCUT2D eigenvalue weighted by atomic mass is 16.5. The lowest BCUT2D eigenvalue weighted by Crippen LogP contribution is -2.37. The van der Waals surface area contributed by atoms with Crippen LogP contribution in [0.15, 0.2) is 84.9 Å². The topological polar surface area (TPSA) is 72.9 Å². The molecular weight excluding hydrogens is 430 g/mol. The third-order valence-corrected chi connectivity index (χ3v) is 5.26. The van der Waals surface area contributed by atoms with Crippen molar-refractivity contribution < 1.29 is 23.9 Å². The van der Waals surface area contributed by atoms with E-state index < -0.39 is 12.0 Å². The molecular formula is C28H29NO5. The SMILES string of the molecule is CCOC(=O)CCCN(C(=O)c1ccccc1OC(C)=O)C(c1ccccc1)c1ccccc1. The van der Waals surface area contributed by atoms with Crippen molar-refractivity contribution >= 4 is 17.8 Å². The minimum Gasteiger partial charge on any atom is -0.466 e. The van der Waals surface area contributed by atoms with Gasteiger partial charge in [-0.3, -0.25) is 14.4 Å². The quantitative estimate of drug-likeness (QED) is 0.308. The van der Waals surface area contributed by atoms with E-state index in [0.29, 0.717) is 19.6 Å². The fraction of sp³-hybridized carbons (Fsp3) is 0.250. The van der Waals surface area contributed by atoms with Crippen molar-refractivity contribution in [3.63, 3.8) is 0 Å². The van der Waals surface area contributed by atoms with Crippen LogP contribution in [0, 0.1) is 0 Å². The highest BCUT2D eigenvalue weighted by Gasteiger charge is 2.29. The number of esters is 2.